The van der Waals surface area contributed by atoms with E-state index in [9.17, 15) is 9.59 Å². The molecule has 0 aromatic rings. The van der Waals surface area contributed by atoms with Crippen LogP contribution in [0.5, 0.6) is 0 Å². The molecular weight excluding hydrogens is 711 g/mol. The Balaban J connectivity index is 2.19. The van der Waals surface area contributed by atoms with Crippen LogP contribution in [-0.4, -0.2) is 69.7 Å². The Morgan fingerprint density at radius 3 is 1.74 bits per heavy atom. The molecule has 1 unspecified atom stereocenters. The van der Waals surface area contributed by atoms with Crippen LogP contribution in [0, 0.1) is 5.92 Å². The fourth-order valence-electron chi connectivity index (χ4n) is 7.87. The van der Waals surface area contributed by atoms with Gasteiger partial charge in [0, 0.05) is 32.2 Å². The summed E-state index contributed by atoms with van der Waals surface area (Å²) in [5, 5.41) is 0. The van der Waals surface area contributed by atoms with Crippen LogP contribution in [0.15, 0.2) is 24.3 Å². The highest BCUT2D eigenvalue weighted by Crippen LogP contribution is 2.33. The van der Waals surface area contributed by atoms with Gasteiger partial charge < -0.3 is 23.8 Å². The molecule has 1 fully saturated rings. The van der Waals surface area contributed by atoms with E-state index in [1.165, 1.54) is 135 Å². The maximum Gasteiger partial charge on any atom is 0.306 e. The number of hydrogen-bond acceptors (Lipinski definition) is 7. The first kappa shape index (κ1) is 53.3. The average molecular weight is 804 g/mol. The van der Waals surface area contributed by atoms with Gasteiger partial charge in [0.05, 0.1) is 19.8 Å². The SMILES string of the molecule is CCCC/C=C\COC1(OCCCCCCCCCCC(CCCCCCCCCC(=O)OC/C=C\CCCCCC)CC(=O)OCCCN(C)C)CCCCC1. The van der Waals surface area contributed by atoms with Gasteiger partial charge in [-0.1, -0.05) is 160 Å². The Morgan fingerprint density at radius 2 is 1.11 bits per heavy atom. The summed E-state index contributed by atoms with van der Waals surface area (Å²) in [5.74, 6) is -0.000236. The number of nitrogens with zero attached hydrogens (tertiary/aromatic N) is 1. The largest absolute Gasteiger partial charge is 0.466 e. The van der Waals surface area contributed by atoms with Gasteiger partial charge in [0.2, 0.25) is 0 Å². The number of esters is 2. The van der Waals surface area contributed by atoms with Crippen molar-refractivity contribution in [1.29, 1.82) is 0 Å². The molecule has 0 spiro atoms. The lowest BCUT2D eigenvalue weighted by atomic mass is 9.91. The zero-order chi connectivity index (χ0) is 41.3. The molecule has 1 atom stereocenters. The molecule has 0 amide bonds. The number of carbonyl (C=O) groups is 2. The zero-order valence-corrected chi connectivity index (χ0v) is 38.2. The van der Waals surface area contributed by atoms with Crippen LogP contribution in [0.2, 0.25) is 0 Å². The maximum atomic E-state index is 12.7. The van der Waals surface area contributed by atoms with Crippen LogP contribution in [0.1, 0.15) is 226 Å². The highest BCUT2D eigenvalue weighted by Gasteiger charge is 2.33. The van der Waals surface area contributed by atoms with Crippen LogP contribution >= 0.6 is 0 Å². The molecule has 0 bridgehead atoms. The first-order valence-electron chi connectivity index (χ1n) is 24.4. The van der Waals surface area contributed by atoms with Crippen LogP contribution in [0.4, 0.5) is 0 Å². The van der Waals surface area contributed by atoms with Crippen LogP contribution in [0.3, 0.4) is 0 Å². The molecule has 0 saturated heterocycles. The molecule has 0 aromatic heterocycles. The van der Waals surface area contributed by atoms with Crippen LogP contribution in [-0.2, 0) is 28.5 Å². The Labute approximate surface area is 353 Å². The molecule has 1 rings (SSSR count). The topological polar surface area (TPSA) is 74.3 Å². The monoisotopic (exact) mass is 804 g/mol. The molecule has 7 nitrogen and oxygen atoms in total. The number of hydrogen-bond donors (Lipinski definition) is 0. The molecule has 0 radical (unpaired) electrons. The summed E-state index contributed by atoms with van der Waals surface area (Å²) in [7, 11) is 4.11. The van der Waals surface area contributed by atoms with Gasteiger partial charge >= 0.3 is 11.9 Å². The van der Waals surface area contributed by atoms with E-state index in [0.717, 1.165) is 77.4 Å². The molecule has 57 heavy (non-hydrogen) atoms. The highest BCUT2D eigenvalue weighted by atomic mass is 16.7. The van der Waals surface area contributed by atoms with Gasteiger partial charge in [-0.25, -0.2) is 0 Å². The number of rotatable bonds is 41. The molecule has 7 heteroatoms. The summed E-state index contributed by atoms with van der Waals surface area (Å²) in [5.41, 5.74) is 0. The lowest BCUT2D eigenvalue weighted by molar-refractivity contribution is -0.247. The van der Waals surface area contributed by atoms with E-state index in [4.69, 9.17) is 18.9 Å². The molecule has 1 aliphatic rings. The van der Waals surface area contributed by atoms with Crippen molar-refractivity contribution in [3.63, 3.8) is 0 Å². The first-order chi connectivity index (χ1) is 27.9. The van der Waals surface area contributed by atoms with E-state index < -0.39 is 0 Å². The highest BCUT2D eigenvalue weighted by molar-refractivity contribution is 5.69. The van der Waals surface area contributed by atoms with Gasteiger partial charge in [-0.15, -0.1) is 0 Å². The van der Waals surface area contributed by atoms with Crippen molar-refractivity contribution in [2.45, 2.75) is 232 Å². The third kappa shape index (κ3) is 34.8. The minimum Gasteiger partial charge on any atom is -0.466 e. The second-order valence-corrected chi connectivity index (χ2v) is 17.3. The van der Waals surface area contributed by atoms with Crippen molar-refractivity contribution >= 4 is 11.9 Å². The summed E-state index contributed by atoms with van der Waals surface area (Å²) >= 11 is 0. The molecular formula is C50H93NO6. The van der Waals surface area contributed by atoms with E-state index in [-0.39, 0.29) is 17.7 Å². The first-order valence-corrected chi connectivity index (χ1v) is 24.4. The second-order valence-electron chi connectivity index (χ2n) is 17.3. The Morgan fingerprint density at radius 1 is 0.544 bits per heavy atom. The van der Waals surface area contributed by atoms with E-state index in [1.807, 2.05) is 6.08 Å². The Kier molecular flexibility index (Phi) is 37.2. The van der Waals surface area contributed by atoms with Gasteiger partial charge in [0.1, 0.15) is 6.61 Å². The molecule has 1 aliphatic carbocycles. The second kappa shape index (κ2) is 39.7. The van der Waals surface area contributed by atoms with Gasteiger partial charge in [-0.05, 0) is 84.2 Å². The van der Waals surface area contributed by atoms with Crippen LogP contribution in [0.25, 0.3) is 0 Å². The molecule has 0 heterocycles. The zero-order valence-electron chi connectivity index (χ0n) is 38.2. The van der Waals surface area contributed by atoms with Crippen molar-refractivity contribution in [2.24, 2.45) is 5.92 Å². The smallest absolute Gasteiger partial charge is 0.306 e. The fourth-order valence-corrected chi connectivity index (χ4v) is 7.87. The summed E-state index contributed by atoms with van der Waals surface area (Å²) in [6.07, 6.45) is 46.4. The van der Waals surface area contributed by atoms with Crippen LogP contribution < -0.4 is 0 Å². The summed E-state index contributed by atoms with van der Waals surface area (Å²) in [4.78, 5) is 26.9. The Bertz CT molecular complexity index is 958. The van der Waals surface area contributed by atoms with Crippen molar-refractivity contribution in [1.82, 2.24) is 4.90 Å². The predicted octanol–water partition coefficient (Wildman–Crippen LogP) is 14.0. The van der Waals surface area contributed by atoms with Crippen molar-refractivity contribution < 1.29 is 28.5 Å². The van der Waals surface area contributed by atoms with E-state index in [0.29, 0.717) is 38.6 Å². The summed E-state index contributed by atoms with van der Waals surface area (Å²) < 4.78 is 23.7. The van der Waals surface area contributed by atoms with Gasteiger partial charge in [-0.3, -0.25) is 9.59 Å². The third-order valence-electron chi connectivity index (χ3n) is 11.5. The summed E-state index contributed by atoms with van der Waals surface area (Å²) in [6.45, 7) is 7.83. The Hall–Kier alpha value is -1.70. The molecule has 0 aliphatic heterocycles. The molecule has 0 aromatic carbocycles. The van der Waals surface area contributed by atoms with Crippen molar-refractivity contribution in [3.8, 4) is 0 Å². The maximum absolute atomic E-state index is 12.7. The van der Waals surface area contributed by atoms with E-state index >= 15 is 0 Å². The van der Waals surface area contributed by atoms with Gasteiger partial charge in [-0.2, -0.15) is 0 Å². The van der Waals surface area contributed by atoms with Crippen molar-refractivity contribution in [3.05, 3.63) is 24.3 Å². The lowest BCUT2D eigenvalue weighted by Crippen LogP contribution is -2.38. The molecule has 334 valence electrons. The van der Waals surface area contributed by atoms with Crippen molar-refractivity contribution in [2.75, 3.05) is 47.1 Å². The number of carbonyl (C=O) groups excluding carboxylic acids is 2. The quantitative estimate of drug-likeness (QED) is 0.0264. The molecule has 1 saturated carbocycles. The minimum atomic E-state index is -0.349. The normalized spacial score (nSPS) is 14.9. The number of ether oxygens (including phenoxy) is 4. The van der Waals surface area contributed by atoms with Gasteiger partial charge in [0.25, 0.3) is 0 Å². The third-order valence-corrected chi connectivity index (χ3v) is 11.5. The number of unbranched alkanes of at least 4 members (excludes halogenated alkanes) is 19. The lowest BCUT2D eigenvalue weighted by Gasteiger charge is -2.36. The standard InChI is InChI=1S/C50H93NO6/c1-5-7-9-11-18-24-32-42-54-48(52)38-29-22-17-14-16-21-28-37-47(46-49(53)55-43-35-41-51(3)4)36-27-20-15-12-13-19-25-34-45-57-50(39-30-26-31-40-50)56-44-33-23-10-8-6-2/h23-24,32-33,47H,5-22,25-31,34-46H2,1-4H3/b32-24-,33-23-. The minimum absolute atomic E-state index is 0.0140. The predicted molar refractivity (Wildman–Crippen MR) is 241 cm³/mol. The van der Waals surface area contributed by atoms with Gasteiger partial charge in [0.15, 0.2) is 5.79 Å². The average Bonchev–Trinajstić information content (AvgIpc) is 3.20. The summed E-state index contributed by atoms with van der Waals surface area (Å²) in [6, 6.07) is 0. The number of allylic oxidation sites excluding steroid dienone is 2. The van der Waals surface area contributed by atoms with E-state index in [1.54, 1.807) is 0 Å². The molecule has 0 N–H and O–H groups in total. The fraction of sp³-hybridized carbons (Fsp3) is 0.880. The van der Waals surface area contributed by atoms with E-state index in [2.05, 4.69) is 51.1 Å².